The van der Waals surface area contributed by atoms with E-state index in [0.29, 0.717) is 4.90 Å². The molecule has 0 bridgehead atoms. The van der Waals surface area contributed by atoms with Gasteiger partial charge in [0.05, 0.1) is 13.1 Å². The molecular formula is C8H12N4O7S. The molecule has 1 rings (SSSR count). The van der Waals surface area contributed by atoms with Gasteiger partial charge in [-0.1, -0.05) is 0 Å². The number of imide groups is 1. The number of amides is 4. The van der Waals surface area contributed by atoms with Gasteiger partial charge in [-0.3, -0.25) is 14.5 Å². The number of nitrogens with one attached hydrogen (secondary N) is 3. The maximum absolute atomic E-state index is 11.4. The molecule has 11 nitrogen and oxygen atoms in total. The van der Waals surface area contributed by atoms with E-state index < -0.39 is 46.6 Å². The van der Waals surface area contributed by atoms with Gasteiger partial charge in [-0.15, -0.1) is 0 Å². The van der Waals surface area contributed by atoms with Crippen molar-refractivity contribution < 1.29 is 32.7 Å². The third-order valence-electron chi connectivity index (χ3n) is 2.20. The first-order valence-electron chi connectivity index (χ1n) is 5.24. The van der Waals surface area contributed by atoms with Crippen LogP contribution in [-0.4, -0.2) is 61.4 Å². The Balaban J connectivity index is 2.51. The summed E-state index contributed by atoms with van der Waals surface area (Å²) in [6.07, 6.45) is -1.43. The number of Topliss-reactive ketones (excluding diaryl/α,β-unsaturated/α-hetero) is 1. The maximum Gasteiger partial charge on any atom is 0.405 e. The van der Waals surface area contributed by atoms with E-state index in [1.807, 2.05) is 5.32 Å². The largest absolute Gasteiger partial charge is 0.465 e. The van der Waals surface area contributed by atoms with Crippen molar-refractivity contribution in [1.82, 2.24) is 19.7 Å². The van der Waals surface area contributed by atoms with E-state index in [1.54, 1.807) is 4.72 Å². The second-order valence-electron chi connectivity index (χ2n) is 3.88. The number of hydrogen-bond acceptors (Lipinski definition) is 6. The van der Waals surface area contributed by atoms with E-state index in [9.17, 15) is 27.6 Å². The van der Waals surface area contributed by atoms with Crippen molar-refractivity contribution >= 4 is 34.0 Å². The zero-order valence-corrected chi connectivity index (χ0v) is 11.1. The summed E-state index contributed by atoms with van der Waals surface area (Å²) in [5.74, 6) is -1.33. The summed E-state index contributed by atoms with van der Waals surface area (Å²) in [6.45, 7) is 0.365. The van der Waals surface area contributed by atoms with Crippen LogP contribution >= 0.6 is 0 Å². The number of β-lactam (4-membered cyclic amide) rings is 1. The third-order valence-corrected chi connectivity index (χ3v) is 3.17. The summed E-state index contributed by atoms with van der Waals surface area (Å²) >= 11 is 0. The Morgan fingerprint density at radius 3 is 2.45 bits per heavy atom. The highest BCUT2D eigenvalue weighted by Crippen LogP contribution is 2.10. The molecule has 1 unspecified atom stereocenters. The van der Waals surface area contributed by atoms with Gasteiger partial charge in [-0.05, 0) is 6.92 Å². The van der Waals surface area contributed by atoms with Crippen molar-refractivity contribution in [2.75, 3.05) is 13.1 Å². The Morgan fingerprint density at radius 2 is 2.00 bits per heavy atom. The molecule has 1 atom stereocenters. The van der Waals surface area contributed by atoms with Gasteiger partial charge in [-0.25, -0.2) is 14.3 Å². The predicted octanol–water partition coefficient (Wildman–Crippen LogP) is -2.40. The molecule has 0 aromatic carbocycles. The lowest BCUT2D eigenvalue weighted by atomic mass is 10.1. The number of carbonyl (C=O) groups excluding carboxylic acids is 3. The van der Waals surface area contributed by atoms with Crippen LogP contribution in [-0.2, 0) is 19.8 Å². The first-order valence-corrected chi connectivity index (χ1v) is 6.72. The fourth-order valence-electron chi connectivity index (χ4n) is 1.27. The Hall–Kier alpha value is -2.21. The van der Waals surface area contributed by atoms with Crippen LogP contribution in [0.4, 0.5) is 9.59 Å². The van der Waals surface area contributed by atoms with Gasteiger partial charge >= 0.3 is 22.3 Å². The van der Waals surface area contributed by atoms with Crippen LogP contribution in [0.3, 0.4) is 0 Å². The molecular weight excluding hydrogens is 296 g/mol. The standard InChI is InChI=1S/C8H12N4O7S/c1-4(13)2-9-20(18,19)11-7(15)12-3-5(6(12)14)10-8(16)17/h5,9-10H,2-3H2,1H3,(H,11,15)(H,16,17). The minimum atomic E-state index is -4.26. The molecule has 1 saturated heterocycles. The molecule has 0 aliphatic carbocycles. The summed E-state index contributed by atoms with van der Waals surface area (Å²) < 4.78 is 25.9. The number of nitrogens with zero attached hydrogens (tertiary/aromatic N) is 1. The SMILES string of the molecule is CC(=O)CNS(=O)(=O)NC(=O)N1CC(NC(=O)O)C1=O. The average molecular weight is 308 g/mol. The first kappa shape index (κ1) is 15.8. The van der Waals surface area contributed by atoms with Gasteiger partial charge < -0.3 is 10.4 Å². The number of urea groups is 1. The van der Waals surface area contributed by atoms with Gasteiger partial charge in [0.2, 0.25) is 0 Å². The van der Waals surface area contributed by atoms with Gasteiger partial charge in [0.25, 0.3) is 5.91 Å². The number of likely N-dealkylation sites (tertiary alicyclic amines) is 1. The highest BCUT2D eigenvalue weighted by Gasteiger charge is 2.42. The van der Waals surface area contributed by atoms with Crippen LogP contribution in [0.25, 0.3) is 0 Å². The number of carboxylic acid groups (broad SMARTS) is 1. The van der Waals surface area contributed by atoms with Crippen molar-refractivity contribution in [2.45, 2.75) is 13.0 Å². The lowest BCUT2D eigenvalue weighted by Gasteiger charge is -2.35. The van der Waals surface area contributed by atoms with Crippen LogP contribution in [0.2, 0.25) is 0 Å². The minimum absolute atomic E-state index is 0.279. The van der Waals surface area contributed by atoms with Crippen LogP contribution in [0.15, 0.2) is 0 Å². The molecule has 12 heteroatoms. The molecule has 1 aliphatic rings. The van der Waals surface area contributed by atoms with Gasteiger partial charge in [-0.2, -0.15) is 13.1 Å². The second kappa shape index (κ2) is 5.83. The fourth-order valence-corrected chi connectivity index (χ4v) is 2.07. The molecule has 0 radical (unpaired) electrons. The lowest BCUT2D eigenvalue weighted by Crippen LogP contribution is -2.67. The number of carbonyl (C=O) groups is 4. The van der Waals surface area contributed by atoms with Gasteiger partial charge in [0.1, 0.15) is 11.8 Å². The monoisotopic (exact) mass is 308 g/mol. The molecule has 1 aliphatic heterocycles. The smallest absolute Gasteiger partial charge is 0.405 e. The molecule has 0 saturated carbocycles. The number of ketones is 1. The average Bonchev–Trinajstić information content (AvgIpc) is 2.30. The number of rotatable bonds is 5. The van der Waals surface area contributed by atoms with Crippen molar-refractivity contribution in [3.05, 3.63) is 0 Å². The van der Waals surface area contributed by atoms with E-state index in [-0.39, 0.29) is 6.54 Å². The third kappa shape index (κ3) is 4.17. The highest BCUT2D eigenvalue weighted by atomic mass is 32.2. The van der Waals surface area contributed by atoms with Crippen molar-refractivity contribution in [3.63, 3.8) is 0 Å². The van der Waals surface area contributed by atoms with Crippen LogP contribution in [0.1, 0.15) is 6.92 Å². The van der Waals surface area contributed by atoms with Gasteiger partial charge in [0, 0.05) is 0 Å². The van der Waals surface area contributed by atoms with Crippen LogP contribution in [0, 0.1) is 0 Å². The van der Waals surface area contributed by atoms with E-state index >= 15 is 0 Å². The fraction of sp³-hybridized carbons (Fsp3) is 0.500. The van der Waals surface area contributed by atoms with Crippen molar-refractivity contribution in [1.29, 1.82) is 0 Å². The Morgan fingerprint density at radius 1 is 1.40 bits per heavy atom. The molecule has 0 aromatic heterocycles. The highest BCUT2D eigenvalue weighted by molar-refractivity contribution is 7.88. The Labute approximate surface area is 113 Å². The molecule has 4 amide bonds. The molecule has 20 heavy (non-hydrogen) atoms. The summed E-state index contributed by atoms with van der Waals surface area (Å²) in [5.41, 5.74) is 0. The van der Waals surface area contributed by atoms with Crippen molar-refractivity contribution in [2.24, 2.45) is 0 Å². The summed E-state index contributed by atoms with van der Waals surface area (Å²) in [5, 5.41) is 10.2. The van der Waals surface area contributed by atoms with E-state index in [2.05, 4.69) is 0 Å². The van der Waals surface area contributed by atoms with E-state index in [4.69, 9.17) is 5.11 Å². The Kier molecular flexibility index (Phi) is 4.62. The molecule has 112 valence electrons. The predicted molar refractivity (Wildman–Crippen MR) is 62.8 cm³/mol. The normalized spacial score (nSPS) is 18.1. The molecule has 0 spiro atoms. The number of hydrogen-bond donors (Lipinski definition) is 4. The van der Waals surface area contributed by atoms with Gasteiger partial charge in [0.15, 0.2) is 0 Å². The zero-order chi connectivity index (χ0) is 15.5. The van der Waals surface area contributed by atoms with Crippen molar-refractivity contribution in [3.8, 4) is 0 Å². The van der Waals surface area contributed by atoms with Crippen LogP contribution < -0.4 is 14.8 Å². The maximum atomic E-state index is 11.4. The first-order chi connectivity index (χ1) is 9.12. The van der Waals surface area contributed by atoms with E-state index in [0.717, 1.165) is 6.92 Å². The molecule has 1 fully saturated rings. The molecule has 0 aromatic rings. The molecule has 4 N–H and O–H groups in total. The minimum Gasteiger partial charge on any atom is -0.465 e. The summed E-state index contributed by atoms with van der Waals surface area (Å²) in [4.78, 5) is 44.2. The van der Waals surface area contributed by atoms with E-state index in [1.165, 1.54) is 4.72 Å². The van der Waals surface area contributed by atoms with Crippen LogP contribution in [0.5, 0.6) is 0 Å². The zero-order valence-electron chi connectivity index (χ0n) is 10.2. The summed E-state index contributed by atoms with van der Waals surface area (Å²) in [7, 11) is -4.26. The second-order valence-corrected chi connectivity index (χ2v) is 5.38. The topological polar surface area (TPSA) is 162 Å². The quantitative estimate of drug-likeness (QED) is 0.411. The Bertz CT molecular complexity index is 557. The molecule has 1 heterocycles. The summed E-state index contributed by atoms with van der Waals surface area (Å²) in [6, 6.07) is -2.30. The lowest BCUT2D eigenvalue weighted by molar-refractivity contribution is -0.139.